The van der Waals surface area contributed by atoms with Crippen molar-refractivity contribution in [3.05, 3.63) is 30.6 Å². The molecule has 0 aliphatic carbocycles. The normalized spacial score (nSPS) is 21.1. The minimum atomic E-state index is -0.710. The van der Waals surface area contributed by atoms with Gasteiger partial charge in [0.15, 0.2) is 0 Å². The number of aliphatic hydroxyl groups is 1. The van der Waals surface area contributed by atoms with E-state index < -0.39 is 5.60 Å². The first-order valence-electron chi connectivity index (χ1n) is 7.08. The molecule has 0 radical (unpaired) electrons. The second-order valence-corrected chi connectivity index (χ2v) is 6.28. The van der Waals surface area contributed by atoms with Crippen LogP contribution in [-0.2, 0) is 0 Å². The molecule has 1 aromatic heterocycles. The summed E-state index contributed by atoms with van der Waals surface area (Å²) in [6, 6.07) is 4.22. The average Bonchev–Trinajstić information content (AvgIpc) is 2.38. The fourth-order valence-corrected chi connectivity index (χ4v) is 2.70. The Hall–Kier alpha value is -1.39. The molecule has 1 aromatic rings. The van der Waals surface area contributed by atoms with Gasteiger partial charge in [0.2, 0.25) is 0 Å². The third-order valence-electron chi connectivity index (χ3n) is 4.01. The Morgan fingerprint density at radius 1 is 1.40 bits per heavy atom. The SMILES string of the molecule is C=C(C)c1ccc(N2CCN(C)[C@H](C(C)(C)O)C2)cn1. The van der Waals surface area contributed by atoms with E-state index in [2.05, 4.69) is 34.5 Å². The predicted octanol–water partition coefficient (Wildman–Crippen LogP) is 2.01. The number of aromatic nitrogens is 1. The molecular formula is C16H25N3O. The summed E-state index contributed by atoms with van der Waals surface area (Å²) in [6.07, 6.45) is 1.90. The predicted molar refractivity (Wildman–Crippen MR) is 83.9 cm³/mol. The molecule has 0 unspecified atom stereocenters. The summed E-state index contributed by atoms with van der Waals surface area (Å²) in [5.74, 6) is 0. The minimum Gasteiger partial charge on any atom is -0.389 e. The molecule has 2 heterocycles. The lowest BCUT2D eigenvalue weighted by molar-refractivity contribution is -0.0140. The van der Waals surface area contributed by atoms with Crippen molar-refractivity contribution in [1.82, 2.24) is 9.88 Å². The molecule has 20 heavy (non-hydrogen) atoms. The number of anilines is 1. The van der Waals surface area contributed by atoms with Crippen molar-refractivity contribution in [2.75, 3.05) is 31.6 Å². The molecule has 0 amide bonds. The van der Waals surface area contributed by atoms with Crippen LogP contribution in [0.2, 0.25) is 0 Å². The number of pyridine rings is 1. The zero-order chi connectivity index (χ0) is 14.9. The Kier molecular flexibility index (Phi) is 4.16. The molecule has 0 spiro atoms. The number of allylic oxidation sites excluding steroid dienone is 1. The second kappa shape index (κ2) is 5.54. The van der Waals surface area contributed by atoms with Gasteiger partial charge in [0, 0.05) is 19.6 Å². The van der Waals surface area contributed by atoms with Crippen LogP contribution in [0, 0.1) is 0 Å². The highest BCUT2D eigenvalue weighted by molar-refractivity contribution is 5.59. The molecule has 1 atom stereocenters. The molecule has 1 N–H and O–H groups in total. The van der Waals surface area contributed by atoms with Crippen LogP contribution in [0.3, 0.4) is 0 Å². The van der Waals surface area contributed by atoms with Gasteiger partial charge in [-0.3, -0.25) is 9.88 Å². The molecular weight excluding hydrogens is 250 g/mol. The van der Waals surface area contributed by atoms with Crippen molar-refractivity contribution in [3.8, 4) is 0 Å². The van der Waals surface area contributed by atoms with Crippen LogP contribution in [0.25, 0.3) is 5.57 Å². The Bertz CT molecular complexity index is 475. The number of hydrogen-bond acceptors (Lipinski definition) is 4. The molecule has 0 bridgehead atoms. The van der Waals surface area contributed by atoms with Gasteiger partial charge in [-0.2, -0.15) is 0 Å². The van der Waals surface area contributed by atoms with Gasteiger partial charge in [-0.15, -0.1) is 0 Å². The number of likely N-dealkylation sites (N-methyl/N-ethyl adjacent to an activating group) is 1. The van der Waals surface area contributed by atoms with Crippen molar-refractivity contribution < 1.29 is 5.11 Å². The Morgan fingerprint density at radius 3 is 2.60 bits per heavy atom. The van der Waals surface area contributed by atoms with Gasteiger partial charge in [-0.05, 0) is 45.5 Å². The molecule has 1 saturated heterocycles. The summed E-state index contributed by atoms with van der Waals surface area (Å²) in [5.41, 5.74) is 2.31. The summed E-state index contributed by atoms with van der Waals surface area (Å²) in [6.45, 7) is 12.3. The van der Waals surface area contributed by atoms with Crippen LogP contribution in [0.1, 0.15) is 26.5 Å². The first kappa shape index (κ1) is 15.0. The monoisotopic (exact) mass is 275 g/mol. The molecule has 4 nitrogen and oxygen atoms in total. The van der Waals surface area contributed by atoms with E-state index in [0.29, 0.717) is 0 Å². The number of nitrogens with zero attached hydrogens (tertiary/aromatic N) is 3. The number of piperazine rings is 1. The lowest BCUT2D eigenvalue weighted by Gasteiger charge is -2.45. The molecule has 1 aliphatic rings. The molecule has 0 aromatic carbocycles. The lowest BCUT2D eigenvalue weighted by Crippen LogP contribution is -2.59. The van der Waals surface area contributed by atoms with Gasteiger partial charge in [-0.1, -0.05) is 6.58 Å². The molecule has 1 fully saturated rings. The standard InChI is InChI=1S/C16H25N3O/c1-12(2)14-7-6-13(10-17-14)19-9-8-18(5)15(11-19)16(3,4)20/h6-7,10,15,20H,1,8-9,11H2,2-5H3/t15-/m0/s1. The van der Waals surface area contributed by atoms with E-state index in [1.165, 1.54) is 0 Å². The number of rotatable bonds is 3. The highest BCUT2D eigenvalue weighted by atomic mass is 16.3. The molecule has 110 valence electrons. The van der Waals surface area contributed by atoms with E-state index in [9.17, 15) is 5.11 Å². The van der Waals surface area contributed by atoms with Crippen LogP contribution >= 0.6 is 0 Å². The van der Waals surface area contributed by atoms with Crippen molar-refractivity contribution in [1.29, 1.82) is 0 Å². The van der Waals surface area contributed by atoms with Crippen molar-refractivity contribution in [2.45, 2.75) is 32.4 Å². The molecule has 1 aliphatic heterocycles. The summed E-state index contributed by atoms with van der Waals surface area (Å²) < 4.78 is 0. The summed E-state index contributed by atoms with van der Waals surface area (Å²) in [4.78, 5) is 8.96. The van der Waals surface area contributed by atoms with Crippen LogP contribution in [0.4, 0.5) is 5.69 Å². The maximum absolute atomic E-state index is 10.3. The smallest absolute Gasteiger partial charge is 0.0763 e. The van der Waals surface area contributed by atoms with E-state index in [1.54, 1.807) is 0 Å². The summed E-state index contributed by atoms with van der Waals surface area (Å²) in [7, 11) is 2.07. The van der Waals surface area contributed by atoms with Crippen LogP contribution in [0.5, 0.6) is 0 Å². The molecule has 4 heteroatoms. The Balaban J connectivity index is 2.15. The van der Waals surface area contributed by atoms with Gasteiger partial charge in [0.05, 0.1) is 29.2 Å². The topological polar surface area (TPSA) is 39.6 Å². The van der Waals surface area contributed by atoms with E-state index in [0.717, 1.165) is 36.6 Å². The van der Waals surface area contributed by atoms with Gasteiger partial charge in [0.25, 0.3) is 0 Å². The molecule has 2 rings (SSSR count). The van der Waals surface area contributed by atoms with Gasteiger partial charge < -0.3 is 10.0 Å². The maximum Gasteiger partial charge on any atom is 0.0763 e. The summed E-state index contributed by atoms with van der Waals surface area (Å²) in [5, 5.41) is 10.3. The van der Waals surface area contributed by atoms with E-state index in [-0.39, 0.29) is 6.04 Å². The highest BCUT2D eigenvalue weighted by Gasteiger charge is 2.35. The zero-order valence-corrected chi connectivity index (χ0v) is 12.9. The quantitative estimate of drug-likeness (QED) is 0.916. The van der Waals surface area contributed by atoms with Gasteiger partial charge >= 0.3 is 0 Å². The molecule has 0 saturated carbocycles. The minimum absolute atomic E-state index is 0.122. The summed E-state index contributed by atoms with van der Waals surface area (Å²) >= 11 is 0. The third kappa shape index (κ3) is 3.19. The first-order valence-corrected chi connectivity index (χ1v) is 7.08. The van der Waals surface area contributed by atoms with Crippen LogP contribution in [-0.4, -0.2) is 53.3 Å². The second-order valence-electron chi connectivity index (χ2n) is 6.28. The van der Waals surface area contributed by atoms with Crippen LogP contribution < -0.4 is 4.90 Å². The lowest BCUT2D eigenvalue weighted by atomic mass is 9.95. The fourth-order valence-electron chi connectivity index (χ4n) is 2.70. The Labute approximate surface area is 121 Å². The van der Waals surface area contributed by atoms with Crippen LogP contribution in [0.15, 0.2) is 24.9 Å². The van der Waals surface area contributed by atoms with E-state index >= 15 is 0 Å². The fraction of sp³-hybridized carbons (Fsp3) is 0.562. The van der Waals surface area contributed by atoms with Crippen molar-refractivity contribution >= 4 is 11.3 Å². The number of hydrogen-bond donors (Lipinski definition) is 1. The largest absolute Gasteiger partial charge is 0.389 e. The maximum atomic E-state index is 10.3. The van der Waals surface area contributed by atoms with Gasteiger partial charge in [-0.25, -0.2) is 0 Å². The first-order chi connectivity index (χ1) is 9.29. The van der Waals surface area contributed by atoms with Crippen molar-refractivity contribution in [2.24, 2.45) is 0 Å². The highest BCUT2D eigenvalue weighted by Crippen LogP contribution is 2.24. The van der Waals surface area contributed by atoms with E-state index in [4.69, 9.17) is 0 Å². The zero-order valence-electron chi connectivity index (χ0n) is 12.9. The van der Waals surface area contributed by atoms with Gasteiger partial charge in [0.1, 0.15) is 0 Å². The Morgan fingerprint density at radius 2 is 2.10 bits per heavy atom. The van der Waals surface area contributed by atoms with Crippen molar-refractivity contribution in [3.63, 3.8) is 0 Å². The third-order valence-corrected chi connectivity index (χ3v) is 4.01. The average molecular weight is 275 g/mol. The van der Waals surface area contributed by atoms with E-state index in [1.807, 2.05) is 33.0 Å².